The molecular formula is C23H23Cl2NO6. The van der Waals surface area contributed by atoms with Crippen LogP contribution in [0.25, 0.3) is 11.0 Å². The number of phenols is 2. The smallest absolute Gasteiger partial charge is 0.202 e. The van der Waals surface area contributed by atoms with Crippen molar-refractivity contribution in [3.63, 3.8) is 0 Å². The molecule has 0 aliphatic carbocycles. The zero-order valence-corrected chi connectivity index (χ0v) is 19.0. The minimum Gasteiger partial charge on any atom is -0.507 e. The van der Waals surface area contributed by atoms with Crippen molar-refractivity contribution in [2.24, 2.45) is 0 Å². The highest BCUT2D eigenvalue weighted by atomic mass is 35.5. The van der Waals surface area contributed by atoms with Gasteiger partial charge in [-0.05, 0) is 33.0 Å². The van der Waals surface area contributed by atoms with E-state index in [-0.39, 0.29) is 49.2 Å². The number of aromatic hydroxyl groups is 2. The van der Waals surface area contributed by atoms with Crippen LogP contribution >= 0.6 is 23.2 Å². The van der Waals surface area contributed by atoms with Crippen molar-refractivity contribution in [2.75, 3.05) is 20.1 Å². The Labute approximate surface area is 194 Å². The molecule has 9 heteroatoms. The molecule has 0 radical (unpaired) electrons. The largest absolute Gasteiger partial charge is 0.507 e. The van der Waals surface area contributed by atoms with Gasteiger partial charge in [0.1, 0.15) is 34.3 Å². The van der Waals surface area contributed by atoms with E-state index < -0.39 is 29.3 Å². The number of nitrogens with zero attached hydrogens (tertiary/aromatic N) is 1. The van der Waals surface area contributed by atoms with Crippen LogP contribution in [0, 0.1) is 6.92 Å². The van der Waals surface area contributed by atoms with Crippen molar-refractivity contribution in [2.45, 2.75) is 31.5 Å². The fraction of sp³-hybridized carbons (Fsp3) is 0.348. The molecule has 1 aliphatic heterocycles. The molecule has 0 amide bonds. The van der Waals surface area contributed by atoms with Crippen LogP contribution in [0.1, 0.15) is 40.9 Å². The summed E-state index contributed by atoms with van der Waals surface area (Å²) in [5.74, 6) is -1.14. The van der Waals surface area contributed by atoms with Gasteiger partial charge < -0.3 is 29.7 Å². The molecule has 0 bridgehead atoms. The molecule has 1 saturated heterocycles. The first kappa shape index (κ1) is 22.9. The maximum atomic E-state index is 13.5. The fourth-order valence-corrected chi connectivity index (χ4v) is 4.87. The number of hydrogen-bond donors (Lipinski definition) is 4. The van der Waals surface area contributed by atoms with E-state index in [1.807, 2.05) is 11.9 Å². The normalized spacial score (nSPS) is 20.6. The summed E-state index contributed by atoms with van der Waals surface area (Å²) < 4.78 is 5.93. The molecule has 2 aromatic carbocycles. The van der Waals surface area contributed by atoms with Crippen LogP contribution in [-0.4, -0.2) is 51.6 Å². The molecule has 7 nitrogen and oxygen atoms in total. The Balaban J connectivity index is 1.95. The standard InChI is InChI=1S/C23H23Cl2NO6/c1-10-17(21(30)12-4-3-5-13(24)20(12)25)22(31)19-15(28)8-14(27)18(23(19)32-10)11-6-7-26(2)9-16(11)29/h3-5,8,11,16,21,27-30H,6-7,9H2,1-2H3/t11-,16+,21?/m0/s1. The van der Waals surface area contributed by atoms with Gasteiger partial charge in [0.15, 0.2) is 0 Å². The minimum atomic E-state index is -1.45. The average molecular weight is 480 g/mol. The summed E-state index contributed by atoms with van der Waals surface area (Å²) >= 11 is 12.3. The lowest BCUT2D eigenvalue weighted by atomic mass is 9.85. The Kier molecular flexibility index (Phi) is 6.13. The number of piperidine rings is 1. The zero-order valence-electron chi connectivity index (χ0n) is 17.5. The third-order valence-electron chi connectivity index (χ3n) is 6.09. The predicted octanol–water partition coefficient (Wildman–Crippen LogP) is 3.68. The van der Waals surface area contributed by atoms with Crippen molar-refractivity contribution >= 4 is 34.2 Å². The lowest BCUT2D eigenvalue weighted by Gasteiger charge is -2.34. The second-order valence-corrected chi connectivity index (χ2v) is 8.99. The molecule has 170 valence electrons. The third-order valence-corrected chi connectivity index (χ3v) is 6.92. The number of phenolic OH excluding ortho intramolecular Hbond substituents is 2. The number of benzene rings is 2. The van der Waals surface area contributed by atoms with Gasteiger partial charge >= 0.3 is 0 Å². The van der Waals surface area contributed by atoms with Gasteiger partial charge in [-0.1, -0.05) is 35.3 Å². The second-order valence-electron chi connectivity index (χ2n) is 8.20. The van der Waals surface area contributed by atoms with Crippen molar-refractivity contribution < 1.29 is 24.8 Å². The van der Waals surface area contributed by atoms with Crippen LogP contribution < -0.4 is 5.43 Å². The summed E-state index contributed by atoms with van der Waals surface area (Å²) in [5, 5.41) is 42.9. The summed E-state index contributed by atoms with van der Waals surface area (Å²) in [5.41, 5.74) is -0.281. The molecule has 1 fully saturated rings. The lowest BCUT2D eigenvalue weighted by molar-refractivity contribution is 0.0630. The number of aliphatic hydroxyl groups excluding tert-OH is 2. The number of fused-ring (bicyclic) bond motifs is 1. The van der Waals surface area contributed by atoms with Gasteiger partial charge in [0, 0.05) is 29.7 Å². The van der Waals surface area contributed by atoms with Gasteiger partial charge in [-0.25, -0.2) is 0 Å². The quantitative estimate of drug-likeness (QED) is 0.452. The first-order chi connectivity index (χ1) is 15.1. The number of hydrogen-bond acceptors (Lipinski definition) is 7. The number of likely N-dealkylation sites (N-methyl/N-ethyl adjacent to an activating group) is 1. The highest BCUT2D eigenvalue weighted by Gasteiger charge is 2.34. The fourth-order valence-electron chi connectivity index (χ4n) is 4.46. The summed E-state index contributed by atoms with van der Waals surface area (Å²) in [4.78, 5) is 15.4. The van der Waals surface area contributed by atoms with Gasteiger partial charge in [0.25, 0.3) is 0 Å². The molecule has 0 spiro atoms. The third kappa shape index (κ3) is 3.74. The van der Waals surface area contributed by atoms with Crippen LogP contribution in [0.15, 0.2) is 33.5 Å². The molecule has 1 aliphatic rings. The van der Waals surface area contributed by atoms with Crippen molar-refractivity contribution in [1.82, 2.24) is 4.90 Å². The molecule has 1 aromatic heterocycles. The van der Waals surface area contributed by atoms with E-state index in [1.54, 1.807) is 18.2 Å². The summed E-state index contributed by atoms with van der Waals surface area (Å²) in [7, 11) is 1.88. The van der Waals surface area contributed by atoms with E-state index in [0.717, 1.165) is 6.07 Å². The molecule has 0 saturated carbocycles. The first-order valence-corrected chi connectivity index (χ1v) is 10.9. The Morgan fingerprint density at radius 2 is 1.94 bits per heavy atom. The highest BCUT2D eigenvalue weighted by molar-refractivity contribution is 6.42. The highest BCUT2D eigenvalue weighted by Crippen LogP contribution is 2.43. The lowest BCUT2D eigenvalue weighted by Crippen LogP contribution is -2.40. The van der Waals surface area contributed by atoms with Crippen LogP contribution in [0.2, 0.25) is 10.0 Å². The van der Waals surface area contributed by atoms with Crippen molar-refractivity contribution in [3.05, 3.63) is 67.0 Å². The first-order valence-electron chi connectivity index (χ1n) is 10.1. The number of likely N-dealkylation sites (tertiary alicyclic amines) is 1. The monoisotopic (exact) mass is 479 g/mol. The average Bonchev–Trinajstić information content (AvgIpc) is 2.70. The SMILES string of the molecule is Cc1oc2c([C@H]3CCN(C)C[C@H]3O)c(O)cc(O)c2c(=O)c1C(O)c1cccc(Cl)c1Cl. The van der Waals surface area contributed by atoms with E-state index in [2.05, 4.69) is 0 Å². The number of rotatable bonds is 3. The van der Waals surface area contributed by atoms with Gasteiger partial charge in [-0.3, -0.25) is 4.79 Å². The van der Waals surface area contributed by atoms with Gasteiger partial charge in [0.05, 0.1) is 21.7 Å². The van der Waals surface area contributed by atoms with E-state index in [0.29, 0.717) is 19.5 Å². The van der Waals surface area contributed by atoms with Crippen LogP contribution in [0.3, 0.4) is 0 Å². The molecule has 4 N–H and O–H groups in total. The Hall–Kier alpha value is -2.29. The molecule has 3 aromatic rings. The predicted molar refractivity (Wildman–Crippen MR) is 122 cm³/mol. The van der Waals surface area contributed by atoms with E-state index >= 15 is 0 Å². The van der Waals surface area contributed by atoms with Crippen LogP contribution in [0.4, 0.5) is 0 Å². The van der Waals surface area contributed by atoms with Crippen LogP contribution in [-0.2, 0) is 0 Å². The minimum absolute atomic E-state index is 0.00764. The number of aryl methyl sites for hydroxylation is 1. The van der Waals surface area contributed by atoms with Crippen molar-refractivity contribution in [3.8, 4) is 11.5 Å². The molecule has 4 rings (SSSR count). The number of β-amino-alcohol motifs (C(OH)–C–C–N with tert-alkyl or cyclic N) is 1. The van der Waals surface area contributed by atoms with Gasteiger partial charge in [-0.2, -0.15) is 0 Å². The summed E-state index contributed by atoms with van der Waals surface area (Å²) in [6, 6.07) is 5.76. The second kappa shape index (κ2) is 8.57. The summed E-state index contributed by atoms with van der Waals surface area (Å²) in [6.07, 6.45) is -1.72. The molecule has 32 heavy (non-hydrogen) atoms. The molecular weight excluding hydrogens is 457 g/mol. The van der Waals surface area contributed by atoms with Crippen molar-refractivity contribution in [1.29, 1.82) is 0 Å². The van der Waals surface area contributed by atoms with E-state index in [4.69, 9.17) is 27.6 Å². The summed E-state index contributed by atoms with van der Waals surface area (Å²) in [6.45, 7) is 2.57. The van der Waals surface area contributed by atoms with Gasteiger partial charge in [-0.15, -0.1) is 0 Å². The topological polar surface area (TPSA) is 114 Å². The van der Waals surface area contributed by atoms with E-state index in [9.17, 15) is 25.2 Å². The number of halogens is 2. The Morgan fingerprint density at radius 1 is 1.22 bits per heavy atom. The van der Waals surface area contributed by atoms with E-state index in [1.165, 1.54) is 6.92 Å². The molecule has 2 heterocycles. The Morgan fingerprint density at radius 3 is 2.62 bits per heavy atom. The van der Waals surface area contributed by atoms with Crippen LogP contribution in [0.5, 0.6) is 11.5 Å². The maximum Gasteiger partial charge on any atom is 0.202 e. The maximum absolute atomic E-state index is 13.5. The molecule has 3 atom stereocenters. The molecule has 1 unspecified atom stereocenters. The zero-order chi connectivity index (χ0) is 23.3. The Bertz CT molecular complexity index is 1260. The van der Waals surface area contributed by atoms with Gasteiger partial charge in [0.2, 0.25) is 5.43 Å². The number of aliphatic hydroxyl groups is 2.